The van der Waals surface area contributed by atoms with Gasteiger partial charge in [0.15, 0.2) is 0 Å². The maximum Gasteiger partial charge on any atom is 0.236 e. The van der Waals surface area contributed by atoms with Gasteiger partial charge in [-0.1, -0.05) is 18.2 Å². The molecule has 1 unspecified atom stereocenters. The van der Waals surface area contributed by atoms with Crippen LogP contribution in [0.5, 0.6) is 0 Å². The van der Waals surface area contributed by atoms with Crippen LogP contribution in [0.1, 0.15) is 41.5 Å². The van der Waals surface area contributed by atoms with Gasteiger partial charge in [0.25, 0.3) is 0 Å². The van der Waals surface area contributed by atoms with E-state index in [9.17, 15) is 4.79 Å². The molecule has 0 saturated carbocycles. The van der Waals surface area contributed by atoms with E-state index in [2.05, 4.69) is 45.5 Å². The Bertz CT molecular complexity index is 956. The first kappa shape index (κ1) is 21.1. The minimum Gasteiger partial charge on any atom is -0.377 e. The number of rotatable bonds is 7. The Balaban J connectivity index is 1.18. The second-order valence-corrected chi connectivity index (χ2v) is 10.7. The average Bonchev–Trinajstić information content (AvgIpc) is 3.55. The molecule has 3 aromatic rings. The van der Waals surface area contributed by atoms with Crippen LogP contribution in [0.4, 0.5) is 0 Å². The molecular formula is C24H29N3O2S2. The number of carbonyl (C=O) groups is 1. The van der Waals surface area contributed by atoms with Gasteiger partial charge in [0.1, 0.15) is 0 Å². The zero-order valence-corrected chi connectivity index (χ0v) is 19.4. The number of thiophene rings is 1. The molecule has 2 aliphatic heterocycles. The maximum atomic E-state index is 13.1. The van der Waals surface area contributed by atoms with Gasteiger partial charge >= 0.3 is 0 Å². The number of fused-ring (bicyclic) bond motifs is 1. The molecule has 1 aromatic carbocycles. The summed E-state index contributed by atoms with van der Waals surface area (Å²) in [5.74, 6) is 0.716. The Kier molecular flexibility index (Phi) is 6.64. The van der Waals surface area contributed by atoms with Gasteiger partial charge in [-0.2, -0.15) is 0 Å². The lowest BCUT2D eigenvalue weighted by Crippen LogP contribution is -2.45. The van der Waals surface area contributed by atoms with Crippen LogP contribution >= 0.6 is 22.7 Å². The first-order valence-corrected chi connectivity index (χ1v) is 12.9. The standard InChI is InChI=1S/C24H29N3O2S2/c28-23(17-26(15-19-5-3-13-29-19)16-20-6-4-14-30-20)27-11-9-18(10-12-27)24-25-21-7-1-2-8-22(21)31-24/h1-2,4,6-8,14,18-19H,3,5,9-13,15-17H2. The van der Waals surface area contributed by atoms with Gasteiger partial charge in [-0.15, -0.1) is 22.7 Å². The van der Waals surface area contributed by atoms with Crippen molar-refractivity contribution in [1.29, 1.82) is 0 Å². The summed E-state index contributed by atoms with van der Waals surface area (Å²) >= 11 is 3.57. The maximum absolute atomic E-state index is 13.1. The third-order valence-electron chi connectivity index (χ3n) is 6.31. The lowest BCUT2D eigenvalue weighted by atomic mass is 9.97. The first-order valence-electron chi connectivity index (χ1n) is 11.2. The lowest BCUT2D eigenvalue weighted by molar-refractivity contribution is -0.134. The summed E-state index contributed by atoms with van der Waals surface area (Å²) < 4.78 is 7.11. The number of aromatic nitrogens is 1. The highest BCUT2D eigenvalue weighted by Crippen LogP contribution is 2.33. The van der Waals surface area contributed by atoms with E-state index in [4.69, 9.17) is 9.72 Å². The monoisotopic (exact) mass is 455 g/mol. The fraction of sp³-hybridized carbons (Fsp3) is 0.500. The molecule has 2 fully saturated rings. The fourth-order valence-electron chi connectivity index (χ4n) is 4.62. The molecule has 2 saturated heterocycles. The van der Waals surface area contributed by atoms with Gasteiger partial charge in [-0.25, -0.2) is 4.98 Å². The van der Waals surface area contributed by atoms with E-state index in [0.29, 0.717) is 12.5 Å². The van der Waals surface area contributed by atoms with Crippen LogP contribution in [0, 0.1) is 0 Å². The van der Waals surface area contributed by atoms with Crippen LogP contribution in [0.25, 0.3) is 10.2 Å². The number of hydrogen-bond acceptors (Lipinski definition) is 6. The van der Waals surface area contributed by atoms with Gasteiger partial charge in [0.2, 0.25) is 5.91 Å². The van der Waals surface area contributed by atoms with E-state index in [0.717, 1.165) is 64.0 Å². The number of amides is 1. The molecule has 2 aliphatic rings. The molecule has 0 radical (unpaired) electrons. The summed E-state index contributed by atoms with van der Waals surface area (Å²) in [5.41, 5.74) is 1.10. The number of likely N-dealkylation sites (tertiary alicyclic amines) is 1. The van der Waals surface area contributed by atoms with Crippen molar-refractivity contribution in [2.75, 3.05) is 32.8 Å². The van der Waals surface area contributed by atoms with Gasteiger partial charge in [0, 0.05) is 43.6 Å². The van der Waals surface area contributed by atoms with Crippen molar-refractivity contribution < 1.29 is 9.53 Å². The van der Waals surface area contributed by atoms with Crippen molar-refractivity contribution in [2.24, 2.45) is 0 Å². The Labute approximate surface area is 191 Å². The first-order chi connectivity index (χ1) is 15.2. The Hall–Kier alpha value is -1.80. The zero-order chi connectivity index (χ0) is 21.0. The molecule has 2 aromatic heterocycles. The van der Waals surface area contributed by atoms with E-state index in [1.807, 2.05) is 17.4 Å². The second kappa shape index (κ2) is 9.77. The highest BCUT2D eigenvalue weighted by molar-refractivity contribution is 7.18. The quantitative estimate of drug-likeness (QED) is 0.516. The van der Waals surface area contributed by atoms with Crippen LogP contribution in [0.3, 0.4) is 0 Å². The normalized spacial score (nSPS) is 20.2. The molecule has 7 heteroatoms. The number of hydrogen-bond donors (Lipinski definition) is 0. The zero-order valence-electron chi connectivity index (χ0n) is 17.7. The molecule has 4 heterocycles. The number of nitrogens with zero attached hydrogens (tertiary/aromatic N) is 3. The molecule has 0 bridgehead atoms. The molecule has 5 rings (SSSR count). The minimum atomic E-state index is 0.248. The predicted molar refractivity (Wildman–Crippen MR) is 127 cm³/mol. The molecule has 1 atom stereocenters. The third-order valence-corrected chi connectivity index (χ3v) is 8.37. The molecule has 1 amide bonds. The number of piperidine rings is 1. The van der Waals surface area contributed by atoms with Crippen molar-refractivity contribution in [2.45, 2.75) is 44.2 Å². The van der Waals surface area contributed by atoms with Crippen LogP contribution in [0.2, 0.25) is 0 Å². The highest BCUT2D eigenvalue weighted by atomic mass is 32.1. The lowest BCUT2D eigenvalue weighted by Gasteiger charge is -2.33. The molecule has 31 heavy (non-hydrogen) atoms. The number of benzene rings is 1. The van der Waals surface area contributed by atoms with Gasteiger partial charge in [-0.05, 0) is 49.3 Å². The van der Waals surface area contributed by atoms with E-state index in [1.165, 1.54) is 14.6 Å². The second-order valence-electron chi connectivity index (χ2n) is 8.56. The fourth-order valence-corrected chi connectivity index (χ4v) is 6.50. The van der Waals surface area contributed by atoms with E-state index < -0.39 is 0 Å². The van der Waals surface area contributed by atoms with Crippen molar-refractivity contribution in [1.82, 2.24) is 14.8 Å². The smallest absolute Gasteiger partial charge is 0.236 e. The topological polar surface area (TPSA) is 45.7 Å². The van der Waals surface area contributed by atoms with Gasteiger partial charge in [-0.3, -0.25) is 9.69 Å². The van der Waals surface area contributed by atoms with Crippen molar-refractivity contribution in [3.63, 3.8) is 0 Å². The number of ether oxygens (including phenoxy) is 1. The molecular weight excluding hydrogens is 426 g/mol. The summed E-state index contributed by atoms with van der Waals surface area (Å²) in [6.45, 7) is 4.64. The summed E-state index contributed by atoms with van der Waals surface area (Å²) in [6, 6.07) is 12.6. The number of para-hydroxylation sites is 1. The Morgan fingerprint density at radius 2 is 2.03 bits per heavy atom. The predicted octanol–water partition coefficient (Wildman–Crippen LogP) is 4.75. The summed E-state index contributed by atoms with van der Waals surface area (Å²) in [5, 5.41) is 3.33. The van der Waals surface area contributed by atoms with Crippen molar-refractivity contribution >= 4 is 38.8 Å². The van der Waals surface area contributed by atoms with Gasteiger partial charge < -0.3 is 9.64 Å². The van der Waals surface area contributed by atoms with Crippen LogP contribution < -0.4 is 0 Å². The molecule has 0 spiro atoms. The number of thiazole rings is 1. The van der Waals surface area contributed by atoms with E-state index in [-0.39, 0.29) is 12.0 Å². The van der Waals surface area contributed by atoms with Crippen LogP contribution in [0.15, 0.2) is 41.8 Å². The summed E-state index contributed by atoms with van der Waals surface area (Å²) in [6.07, 6.45) is 4.50. The van der Waals surface area contributed by atoms with E-state index in [1.54, 1.807) is 11.3 Å². The Morgan fingerprint density at radius 3 is 2.77 bits per heavy atom. The Morgan fingerprint density at radius 1 is 1.16 bits per heavy atom. The van der Waals surface area contributed by atoms with Crippen LogP contribution in [-0.2, 0) is 16.1 Å². The third kappa shape index (κ3) is 5.17. The highest BCUT2D eigenvalue weighted by Gasteiger charge is 2.28. The molecule has 5 nitrogen and oxygen atoms in total. The van der Waals surface area contributed by atoms with E-state index >= 15 is 0 Å². The molecule has 0 aliphatic carbocycles. The minimum absolute atomic E-state index is 0.248. The summed E-state index contributed by atoms with van der Waals surface area (Å²) in [7, 11) is 0. The number of carbonyl (C=O) groups excluding carboxylic acids is 1. The van der Waals surface area contributed by atoms with Crippen molar-refractivity contribution in [3.8, 4) is 0 Å². The van der Waals surface area contributed by atoms with Crippen LogP contribution in [-0.4, -0.2) is 59.6 Å². The van der Waals surface area contributed by atoms with Crippen molar-refractivity contribution in [3.05, 3.63) is 51.7 Å². The van der Waals surface area contributed by atoms with Gasteiger partial charge in [0.05, 0.1) is 27.9 Å². The molecule has 164 valence electrons. The molecule has 0 N–H and O–H groups in total. The summed E-state index contributed by atoms with van der Waals surface area (Å²) in [4.78, 5) is 23.6. The largest absolute Gasteiger partial charge is 0.377 e. The SMILES string of the molecule is O=C(CN(Cc1cccs1)CC1CCCO1)N1CCC(c2nc3ccccc3s2)CC1. The average molecular weight is 456 g/mol.